The number of aliphatic hydroxyl groups is 1. The maximum atomic E-state index is 10.7. The van der Waals surface area contributed by atoms with Crippen molar-refractivity contribution in [1.29, 1.82) is 0 Å². The standard InChI is InChI=1S/C15H14BrClO/c1-10-6-7-12(9-14(10)17)15(2,18)11-4-3-5-13(16)8-11/h3-9,18H,1-2H3. The van der Waals surface area contributed by atoms with E-state index in [1.165, 1.54) is 0 Å². The van der Waals surface area contributed by atoms with Crippen molar-refractivity contribution in [2.75, 3.05) is 0 Å². The highest BCUT2D eigenvalue weighted by Crippen LogP contribution is 2.32. The topological polar surface area (TPSA) is 20.2 Å². The summed E-state index contributed by atoms with van der Waals surface area (Å²) >= 11 is 9.53. The van der Waals surface area contributed by atoms with Gasteiger partial charge in [-0.25, -0.2) is 0 Å². The highest BCUT2D eigenvalue weighted by atomic mass is 79.9. The van der Waals surface area contributed by atoms with Crippen LogP contribution in [-0.4, -0.2) is 5.11 Å². The molecule has 1 unspecified atom stereocenters. The number of aryl methyl sites for hydroxylation is 1. The van der Waals surface area contributed by atoms with Crippen LogP contribution in [0.4, 0.5) is 0 Å². The molecule has 0 saturated carbocycles. The molecule has 0 aromatic heterocycles. The minimum absolute atomic E-state index is 0.669. The van der Waals surface area contributed by atoms with Gasteiger partial charge in [0.15, 0.2) is 0 Å². The zero-order valence-electron chi connectivity index (χ0n) is 10.2. The fourth-order valence-electron chi connectivity index (χ4n) is 1.85. The quantitative estimate of drug-likeness (QED) is 0.851. The predicted molar refractivity (Wildman–Crippen MR) is 79.0 cm³/mol. The number of halogens is 2. The van der Waals surface area contributed by atoms with Crippen LogP contribution in [0, 0.1) is 6.92 Å². The van der Waals surface area contributed by atoms with Crippen molar-refractivity contribution in [2.45, 2.75) is 19.4 Å². The second kappa shape index (κ2) is 5.04. The molecule has 0 heterocycles. The molecule has 0 radical (unpaired) electrons. The van der Waals surface area contributed by atoms with Crippen molar-refractivity contribution in [3.8, 4) is 0 Å². The summed E-state index contributed by atoms with van der Waals surface area (Å²) in [6, 6.07) is 13.3. The van der Waals surface area contributed by atoms with E-state index in [-0.39, 0.29) is 0 Å². The molecule has 0 aliphatic rings. The first-order valence-corrected chi connectivity index (χ1v) is 6.83. The van der Waals surface area contributed by atoms with Crippen LogP contribution in [0.3, 0.4) is 0 Å². The SMILES string of the molecule is Cc1ccc(C(C)(O)c2cccc(Br)c2)cc1Cl. The van der Waals surface area contributed by atoms with Crippen LogP contribution in [-0.2, 0) is 5.60 Å². The number of benzene rings is 2. The summed E-state index contributed by atoms with van der Waals surface area (Å²) in [6.45, 7) is 3.72. The predicted octanol–water partition coefficient (Wildman–Crippen LogP) is 4.67. The molecule has 0 bridgehead atoms. The first kappa shape index (κ1) is 13.6. The van der Waals surface area contributed by atoms with Crippen LogP contribution in [0.2, 0.25) is 5.02 Å². The second-order valence-electron chi connectivity index (χ2n) is 4.55. The molecule has 18 heavy (non-hydrogen) atoms. The Bertz CT molecular complexity index is 578. The highest BCUT2D eigenvalue weighted by molar-refractivity contribution is 9.10. The molecule has 1 atom stereocenters. The highest BCUT2D eigenvalue weighted by Gasteiger charge is 2.26. The zero-order chi connectivity index (χ0) is 13.3. The van der Waals surface area contributed by atoms with E-state index in [1.54, 1.807) is 6.92 Å². The van der Waals surface area contributed by atoms with Gasteiger partial charge in [0.1, 0.15) is 5.60 Å². The summed E-state index contributed by atoms with van der Waals surface area (Å²) in [6.07, 6.45) is 0. The van der Waals surface area contributed by atoms with Gasteiger partial charge < -0.3 is 5.11 Å². The Balaban J connectivity index is 2.50. The van der Waals surface area contributed by atoms with Gasteiger partial charge in [0.25, 0.3) is 0 Å². The van der Waals surface area contributed by atoms with E-state index >= 15 is 0 Å². The zero-order valence-corrected chi connectivity index (χ0v) is 12.6. The maximum Gasteiger partial charge on any atom is 0.112 e. The van der Waals surface area contributed by atoms with E-state index in [4.69, 9.17) is 11.6 Å². The third-order valence-electron chi connectivity index (χ3n) is 3.12. The third kappa shape index (κ3) is 2.61. The number of rotatable bonds is 2. The Morgan fingerprint density at radius 3 is 2.39 bits per heavy atom. The van der Waals surface area contributed by atoms with E-state index in [1.807, 2.05) is 49.4 Å². The van der Waals surface area contributed by atoms with Gasteiger partial charge in [0.2, 0.25) is 0 Å². The van der Waals surface area contributed by atoms with Crippen molar-refractivity contribution in [3.05, 3.63) is 68.7 Å². The van der Waals surface area contributed by atoms with E-state index in [9.17, 15) is 5.11 Å². The van der Waals surface area contributed by atoms with Gasteiger partial charge >= 0.3 is 0 Å². The van der Waals surface area contributed by atoms with Crippen molar-refractivity contribution in [3.63, 3.8) is 0 Å². The summed E-state index contributed by atoms with van der Waals surface area (Å²) < 4.78 is 0.943. The largest absolute Gasteiger partial charge is 0.381 e. The average Bonchev–Trinajstić information content (AvgIpc) is 2.32. The molecular formula is C15H14BrClO. The van der Waals surface area contributed by atoms with Crippen molar-refractivity contribution >= 4 is 27.5 Å². The van der Waals surface area contributed by atoms with Gasteiger partial charge in [-0.15, -0.1) is 0 Å². The molecule has 2 aromatic carbocycles. The number of hydrogen-bond donors (Lipinski definition) is 1. The van der Waals surface area contributed by atoms with Crippen LogP contribution in [0.15, 0.2) is 46.9 Å². The lowest BCUT2D eigenvalue weighted by Gasteiger charge is -2.25. The molecule has 0 saturated heterocycles. The summed E-state index contributed by atoms with van der Waals surface area (Å²) in [5, 5.41) is 11.4. The van der Waals surface area contributed by atoms with Crippen LogP contribution < -0.4 is 0 Å². The van der Waals surface area contributed by atoms with Gasteiger partial charge in [0, 0.05) is 9.50 Å². The van der Waals surface area contributed by atoms with Crippen LogP contribution >= 0.6 is 27.5 Å². The summed E-state index contributed by atoms with van der Waals surface area (Å²) in [5.41, 5.74) is 1.57. The summed E-state index contributed by atoms with van der Waals surface area (Å²) in [5.74, 6) is 0. The molecule has 0 amide bonds. The molecule has 0 spiro atoms. The molecule has 0 aliphatic heterocycles. The normalized spacial score (nSPS) is 14.3. The van der Waals surface area contributed by atoms with Crippen molar-refractivity contribution in [2.24, 2.45) is 0 Å². The van der Waals surface area contributed by atoms with Crippen molar-refractivity contribution < 1.29 is 5.11 Å². The van der Waals surface area contributed by atoms with E-state index in [2.05, 4.69) is 15.9 Å². The van der Waals surface area contributed by atoms with E-state index in [0.717, 1.165) is 21.2 Å². The Morgan fingerprint density at radius 1 is 1.11 bits per heavy atom. The molecule has 0 fully saturated rings. The lowest BCUT2D eigenvalue weighted by Crippen LogP contribution is -2.22. The Hall–Kier alpha value is -0.830. The molecule has 2 aromatic rings. The smallest absolute Gasteiger partial charge is 0.112 e. The first-order chi connectivity index (χ1) is 8.41. The minimum Gasteiger partial charge on any atom is -0.381 e. The fourth-order valence-corrected chi connectivity index (χ4v) is 2.43. The van der Waals surface area contributed by atoms with Gasteiger partial charge in [-0.05, 0) is 48.7 Å². The summed E-state index contributed by atoms with van der Waals surface area (Å²) in [7, 11) is 0. The van der Waals surface area contributed by atoms with Crippen LogP contribution in [0.25, 0.3) is 0 Å². The Kier molecular flexibility index (Phi) is 3.81. The first-order valence-electron chi connectivity index (χ1n) is 5.66. The monoisotopic (exact) mass is 324 g/mol. The Morgan fingerprint density at radius 2 is 1.78 bits per heavy atom. The third-order valence-corrected chi connectivity index (χ3v) is 4.02. The molecule has 3 heteroatoms. The second-order valence-corrected chi connectivity index (χ2v) is 5.87. The number of hydrogen-bond acceptors (Lipinski definition) is 1. The van der Waals surface area contributed by atoms with Crippen LogP contribution in [0.1, 0.15) is 23.6 Å². The summed E-state index contributed by atoms with van der Waals surface area (Å²) in [4.78, 5) is 0. The van der Waals surface area contributed by atoms with Crippen LogP contribution in [0.5, 0.6) is 0 Å². The van der Waals surface area contributed by atoms with Crippen molar-refractivity contribution in [1.82, 2.24) is 0 Å². The van der Waals surface area contributed by atoms with E-state index < -0.39 is 5.60 Å². The molecule has 2 rings (SSSR count). The Labute approximate surface area is 121 Å². The van der Waals surface area contributed by atoms with Gasteiger partial charge in [-0.2, -0.15) is 0 Å². The maximum absolute atomic E-state index is 10.7. The molecular weight excluding hydrogens is 312 g/mol. The average molecular weight is 326 g/mol. The minimum atomic E-state index is -1.05. The molecule has 1 nitrogen and oxygen atoms in total. The van der Waals surface area contributed by atoms with Gasteiger partial charge in [-0.3, -0.25) is 0 Å². The fraction of sp³-hybridized carbons (Fsp3) is 0.200. The lowest BCUT2D eigenvalue weighted by atomic mass is 9.88. The molecule has 1 N–H and O–H groups in total. The van der Waals surface area contributed by atoms with Gasteiger partial charge in [-0.1, -0.05) is 51.8 Å². The van der Waals surface area contributed by atoms with E-state index in [0.29, 0.717) is 5.02 Å². The van der Waals surface area contributed by atoms with Gasteiger partial charge in [0.05, 0.1) is 0 Å². The molecule has 94 valence electrons. The lowest BCUT2D eigenvalue weighted by molar-refractivity contribution is 0.102. The molecule has 0 aliphatic carbocycles.